The summed E-state index contributed by atoms with van der Waals surface area (Å²) in [4.78, 5) is 19.6. The summed E-state index contributed by atoms with van der Waals surface area (Å²) in [6, 6.07) is 14.4. The zero-order valence-corrected chi connectivity index (χ0v) is 19.9. The van der Waals surface area contributed by atoms with Crippen LogP contribution in [-0.4, -0.2) is 37.7 Å². The number of amides is 1. The Kier molecular flexibility index (Phi) is 13.2. The van der Waals surface area contributed by atoms with Gasteiger partial charge in [0.25, 0.3) is 0 Å². The summed E-state index contributed by atoms with van der Waals surface area (Å²) in [7, 11) is 1.51. The van der Waals surface area contributed by atoms with Crippen LogP contribution in [0.15, 0.2) is 42.5 Å². The fourth-order valence-electron chi connectivity index (χ4n) is 2.77. The van der Waals surface area contributed by atoms with E-state index in [1.807, 2.05) is 18.2 Å². The molecule has 0 bridgehead atoms. The number of carbonyl (C=O) groups excluding carboxylic acids is 1. The van der Waals surface area contributed by atoms with E-state index in [4.69, 9.17) is 20.4 Å². The number of nitrogens with two attached hydrogens (primary N) is 1. The summed E-state index contributed by atoms with van der Waals surface area (Å²) in [6.45, 7) is 3.53. The predicted molar refractivity (Wildman–Crippen MR) is 116 cm³/mol. The van der Waals surface area contributed by atoms with E-state index in [1.165, 1.54) is 24.6 Å². The number of rotatable bonds is 11. The molecule has 4 N–H and O–H groups in total. The minimum atomic E-state index is -0.764. The van der Waals surface area contributed by atoms with Gasteiger partial charge in [-0.25, -0.2) is 0 Å². The molecule has 0 fully saturated rings. The van der Waals surface area contributed by atoms with Crippen LogP contribution in [0.1, 0.15) is 37.3 Å². The van der Waals surface area contributed by atoms with Gasteiger partial charge in [-0.15, -0.1) is 0 Å². The first-order valence-electron chi connectivity index (χ1n) is 9.86. The van der Waals surface area contributed by atoms with Crippen LogP contribution in [0.5, 0.6) is 5.75 Å². The molecule has 0 aliphatic carbocycles. The van der Waals surface area contributed by atoms with E-state index in [-0.39, 0.29) is 6.42 Å². The van der Waals surface area contributed by atoms with E-state index >= 15 is 0 Å². The molecule has 0 spiro atoms. The van der Waals surface area contributed by atoms with Gasteiger partial charge in [0.2, 0.25) is 0 Å². The number of aryl methyl sites for hydroxylation is 2. The Labute approximate surface area is 173 Å². The van der Waals surface area contributed by atoms with Crippen LogP contribution in [0.25, 0.3) is 11.1 Å². The topological polar surface area (TPSA) is 102 Å². The molecule has 0 aromatic heterocycles. The number of hydrogen-bond donors (Lipinski definition) is 3. The Hall–Kier alpha value is -3.86. The normalized spacial score (nSPS) is 9.57. The van der Waals surface area contributed by atoms with Gasteiger partial charge in [-0.05, 0) is 73.7 Å². The Balaban J connectivity index is 0.00000154. The van der Waals surface area contributed by atoms with Gasteiger partial charge in [-0.1, -0.05) is 37.3 Å². The molecule has 0 aliphatic heterocycles. The molecule has 0 atom stereocenters. The Morgan fingerprint density at radius 3 is 2.37 bits per heavy atom. The third-order valence-corrected chi connectivity index (χ3v) is 4.32. The van der Waals surface area contributed by atoms with E-state index in [9.17, 15) is 4.79 Å². The molecule has 0 radical (unpaired) electrons. The van der Waals surface area contributed by atoms with Gasteiger partial charge in [0, 0.05) is 6.42 Å². The van der Waals surface area contributed by atoms with Crippen molar-refractivity contribution in [1.82, 2.24) is 5.32 Å². The minimum Gasteiger partial charge on any atom is -0.532 e. The first-order chi connectivity index (χ1) is 14.0. The molecule has 0 heterocycles. The van der Waals surface area contributed by atoms with E-state index in [1.54, 1.807) is 0 Å². The predicted octanol–water partition coefficient (Wildman–Crippen LogP) is 3.32. The van der Waals surface area contributed by atoms with Crippen molar-refractivity contribution in [2.75, 3.05) is 20.2 Å². The van der Waals surface area contributed by atoms with Crippen LogP contribution < -0.4 is 15.8 Å². The molecule has 0 aliphatic rings. The Bertz CT molecular complexity index is 751. The second kappa shape index (κ2) is 15.1. The smallest absolute Gasteiger partial charge is 0.303 e. The van der Waals surface area contributed by atoms with Crippen molar-refractivity contribution in [2.45, 2.75) is 39.0 Å². The van der Waals surface area contributed by atoms with E-state index in [0.29, 0.717) is 19.6 Å². The fourth-order valence-corrected chi connectivity index (χ4v) is 2.77. The van der Waals surface area contributed by atoms with Crippen LogP contribution in [-0.2, 0) is 22.4 Å². The number of carboxylic acid groups (broad SMARTS) is 1. The summed E-state index contributed by atoms with van der Waals surface area (Å²) >= 11 is 0. The summed E-state index contributed by atoms with van der Waals surface area (Å²) in [5.74, 6) is 0.134. The summed E-state index contributed by atoms with van der Waals surface area (Å²) in [5, 5.41) is 10.9. The maximum absolute atomic E-state index is 10.7. The molecule has 0 unspecified atom stereocenters. The largest absolute Gasteiger partial charge is 0.532 e. The zero-order chi connectivity index (χ0) is 21.5. The van der Waals surface area contributed by atoms with Crippen molar-refractivity contribution in [3.8, 4) is 16.9 Å². The molecule has 7 heteroatoms. The van der Waals surface area contributed by atoms with Crippen LogP contribution in [0.3, 0.4) is 0 Å². The van der Waals surface area contributed by atoms with Gasteiger partial charge in [0.15, 0.2) is 0 Å². The Morgan fingerprint density at radius 1 is 1.17 bits per heavy atom. The summed E-state index contributed by atoms with van der Waals surface area (Å²) in [6.07, 6.45) is 5.03. The Morgan fingerprint density at radius 2 is 1.83 bits per heavy atom. The quantitative estimate of drug-likeness (QED) is 0.196. The number of hydrogen-bond acceptors (Lipinski definition) is 4. The second-order valence-corrected chi connectivity index (χ2v) is 6.46. The number of carboxylic acids is 1. The van der Waals surface area contributed by atoms with E-state index in [0.717, 1.165) is 36.1 Å². The number of unbranched alkanes of at least 4 members (excludes halogenated alkanes) is 1. The maximum atomic E-state index is 10.7. The zero-order valence-electron chi connectivity index (χ0n) is 17.5. The average molecular weight is 657 g/mol. The molecule has 170 valence electrons. The van der Waals surface area contributed by atoms with Crippen molar-refractivity contribution in [3.05, 3.63) is 53.6 Å². The molecular weight excluding hydrogens is 625 g/mol. The van der Waals surface area contributed by atoms with Gasteiger partial charge in [0.1, 0.15) is 5.75 Å². The fraction of sp³-hybridized carbons (Fsp3) is 0.391. The molecule has 30 heavy (non-hydrogen) atoms. The van der Waals surface area contributed by atoms with Crippen molar-refractivity contribution < 1.29 is 19.4 Å². The van der Waals surface area contributed by atoms with Crippen LogP contribution in [0.4, 0.5) is 0 Å². The molecule has 0 saturated heterocycles. The molecule has 2 aromatic carbocycles. The first kappa shape index (κ1) is 26.1. The van der Waals surface area contributed by atoms with Crippen LogP contribution >= 0.6 is 0 Å². The number of carbonyl (C=O) groups is 1. The monoisotopic (exact) mass is 656 g/mol. The SMILES string of the molecule is CCc1cc(OCCCCN)ccc1-c1ccc(CCC(=O)O)cc1.CN[C-]=O.[Fm]. The van der Waals surface area contributed by atoms with Gasteiger partial charge in [-0.2, -0.15) is 6.41 Å². The number of aliphatic carboxylic acids is 1. The molecule has 0 saturated carbocycles. The molecule has 2 aromatic rings. The molecule has 2 rings (SSSR count). The van der Waals surface area contributed by atoms with Gasteiger partial charge in [0.05, 0.1) is 6.61 Å². The van der Waals surface area contributed by atoms with Crippen molar-refractivity contribution in [3.63, 3.8) is 0 Å². The van der Waals surface area contributed by atoms with Gasteiger partial charge in [-0.3, -0.25) is 4.79 Å². The number of ether oxygens (including phenoxy) is 1. The minimum absolute atomic E-state index is 0. The van der Waals surface area contributed by atoms with Gasteiger partial charge >= 0.3 is 5.97 Å². The maximum Gasteiger partial charge on any atom is 0.303 e. The van der Waals surface area contributed by atoms with Crippen molar-refractivity contribution in [2.24, 2.45) is 5.73 Å². The molecule has 1 amide bonds. The number of nitrogens with one attached hydrogen (secondary N) is 1. The molecular formula is C23H31FmN2O4-. The third-order valence-electron chi connectivity index (χ3n) is 4.32. The second-order valence-electron chi connectivity index (χ2n) is 6.46. The average Bonchev–Trinajstić information content (AvgIpc) is 2.75. The first-order valence-corrected chi connectivity index (χ1v) is 9.86. The van der Waals surface area contributed by atoms with Crippen LogP contribution in [0, 0.1) is 0 Å². The number of benzene rings is 2. The van der Waals surface area contributed by atoms with E-state index in [2.05, 4.69) is 36.5 Å². The van der Waals surface area contributed by atoms with Crippen LogP contribution in [0.2, 0.25) is 0 Å². The van der Waals surface area contributed by atoms with E-state index < -0.39 is 5.97 Å². The summed E-state index contributed by atoms with van der Waals surface area (Å²) in [5.41, 5.74) is 10.1. The van der Waals surface area contributed by atoms with Crippen molar-refractivity contribution >= 4 is 12.4 Å². The molecule has 6 nitrogen and oxygen atoms in total. The van der Waals surface area contributed by atoms with Gasteiger partial charge < -0.3 is 25.7 Å². The standard InChI is InChI=1S/C21H27NO3.C2H4NO.Fm/c1-2-17-15-19(25-14-4-3-13-22)10-11-20(17)18-8-5-16(6-9-18)7-12-21(23)24;1-3-2-4;/h5-6,8-11,15H,2-4,7,12-14,22H2,1H3,(H,23,24);1H3,(H,3,4);/q;-1;. The third kappa shape index (κ3) is 9.37. The van der Waals surface area contributed by atoms with Crippen molar-refractivity contribution in [1.29, 1.82) is 0 Å². The summed E-state index contributed by atoms with van der Waals surface area (Å²) < 4.78 is 5.80.